The van der Waals surface area contributed by atoms with E-state index < -0.39 is 12.3 Å². The van der Waals surface area contributed by atoms with Gasteiger partial charge in [0.25, 0.3) is 0 Å². The molecule has 0 fully saturated rings. The van der Waals surface area contributed by atoms with Crippen molar-refractivity contribution in [1.29, 1.82) is 0 Å². The van der Waals surface area contributed by atoms with Crippen molar-refractivity contribution in [3.63, 3.8) is 0 Å². The summed E-state index contributed by atoms with van der Waals surface area (Å²) in [6, 6.07) is 0. The Balaban J connectivity index is 3.32. The van der Waals surface area contributed by atoms with Crippen molar-refractivity contribution < 1.29 is 24.1 Å². The van der Waals surface area contributed by atoms with E-state index in [1.54, 1.807) is 6.92 Å². The third kappa shape index (κ3) is 15.8. The van der Waals surface area contributed by atoms with Crippen LogP contribution in [0.3, 0.4) is 0 Å². The Morgan fingerprint density at radius 3 is 2.00 bits per heavy atom. The Morgan fingerprint density at radius 1 is 0.913 bits per heavy atom. The quantitative estimate of drug-likeness (QED) is 0.334. The summed E-state index contributed by atoms with van der Waals surface area (Å²) in [5, 5.41) is 9.11. The van der Waals surface area contributed by atoms with Crippen LogP contribution in [-0.4, -0.2) is 43.8 Å². The van der Waals surface area contributed by atoms with Gasteiger partial charge in [0.1, 0.15) is 0 Å². The molecule has 1 unspecified atom stereocenters. The molecule has 0 bridgehead atoms. The van der Waals surface area contributed by atoms with Crippen LogP contribution in [0.15, 0.2) is 0 Å². The molecular formula is C18H36O5. The molecule has 1 atom stereocenters. The van der Waals surface area contributed by atoms with Gasteiger partial charge in [0, 0.05) is 6.61 Å². The maximum absolute atomic E-state index is 11.1. The van der Waals surface area contributed by atoms with Crippen molar-refractivity contribution in [2.75, 3.05) is 26.4 Å². The molecule has 0 aromatic heterocycles. The molecule has 0 aromatic carbocycles. The third-order valence-corrected chi connectivity index (χ3v) is 3.67. The zero-order valence-electron chi connectivity index (χ0n) is 15.1. The lowest BCUT2D eigenvalue weighted by Crippen LogP contribution is -2.27. The van der Waals surface area contributed by atoms with Crippen LogP contribution in [0.1, 0.15) is 78.1 Å². The van der Waals surface area contributed by atoms with Crippen LogP contribution in [-0.2, 0) is 14.2 Å². The number of hydrogen-bond acceptors (Lipinski definition) is 5. The van der Waals surface area contributed by atoms with Gasteiger partial charge in [-0.3, -0.25) is 0 Å². The summed E-state index contributed by atoms with van der Waals surface area (Å²) in [5.41, 5.74) is 0. The van der Waals surface area contributed by atoms with Gasteiger partial charge in [0.05, 0.1) is 19.8 Å². The number of carbonyl (C=O) groups excluding carboxylic acids is 1. The van der Waals surface area contributed by atoms with Crippen molar-refractivity contribution in [3.05, 3.63) is 0 Å². The predicted molar refractivity (Wildman–Crippen MR) is 91.6 cm³/mol. The van der Waals surface area contributed by atoms with E-state index in [2.05, 4.69) is 11.7 Å². The first-order chi connectivity index (χ1) is 11.2. The number of aliphatic hydroxyl groups excluding tert-OH is 1. The van der Waals surface area contributed by atoms with E-state index in [1.807, 2.05) is 0 Å². The molecule has 0 amide bonds. The first-order valence-electron chi connectivity index (χ1n) is 9.26. The van der Waals surface area contributed by atoms with Crippen molar-refractivity contribution in [2.45, 2.75) is 84.2 Å². The molecule has 5 nitrogen and oxygen atoms in total. The first-order valence-corrected chi connectivity index (χ1v) is 9.26. The largest absolute Gasteiger partial charge is 0.508 e. The number of carbonyl (C=O) groups is 1. The second-order valence-corrected chi connectivity index (χ2v) is 5.86. The van der Waals surface area contributed by atoms with Crippen LogP contribution in [0.2, 0.25) is 0 Å². The van der Waals surface area contributed by atoms with Crippen molar-refractivity contribution in [1.82, 2.24) is 0 Å². The van der Waals surface area contributed by atoms with Crippen LogP contribution < -0.4 is 0 Å². The topological polar surface area (TPSA) is 65.0 Å². The lowest BCUT2D eigenvalue weighted by molar-refractivity contribution is -0.0355. The molecule has 0 heterocycles. The van der Waals surface area contributed by atoms with Crippen LogP contribution in [0.4, 0.5) is 4.79 Å². The van der Waals surface area contributed by atoms with Gasteiger partial charge < -0.3 is 19.3 Å². The fourth-order valence-electron chi connectivity index (χ4n) is 2.32. The highest BCUT2D eigenvalue weighted by atomic mass is 16.7. The van der Waals surface area contributed by atoms with Crippen molar-refractivity contribution in [2.24, 2.45) is 0 Å². The van der Waals surface area contributed by atoms with Gasteiger partial charge in [-0.2, -0.15) is 0 Å². The summed E-state index contributed by atoms with van der Waals surface area (Å²) >= 11 is 0. The van der Waals surface area contributed by atoms with Crippen LogP contribution in [0.25, 0.3) is 0 Å². The smallest absolute Gasteiger partial charge is 0.435 e. The molecule has 0 saturated heterocycles. The van der Waals surface area contributed by atoms with E-state index in [9.17, 15) is 4.79 Å². The predicted octanol–water partition coefficient (Wildman–Crippen LogP) is 4.46. The Labute approximate surface area is 141 Å². The van der Waals surface area contributed by atoms with Gasteiger partial charge in [-0.1, -0.05) is 64.7 Å². The second-order valence-electron chi connectivity index (χ2n) is 5.86. The van der Waals surface area contributed by atoms with Gasteiger partial charge in [-0.25, -0.2) is 4.79 Å². The Bertz CT molecular complexity index is 258. The standard InChI is InChI=1S/C18H36O5/c1-3-5-6-7-8-9-10-11-12-13-14-21-16-17(15-19)23-18(20)22-4-2/h17,19H,3-16H2,1-2H3. The molecule has 1 N–H and O–H groups in total. The van der Waals surface area contributed by atoms with E-state index in [4.69, 9.17) is 14.6 Å². The zero-order chi connectivity index (χ0) is 17.2. The Hall–Kier alpha value is -0.810. The van der Waals surface area contributed by atoms with Crippen LogP contribution >= 0.6 is 0 Å². The Morgan fingerprint density at radius 2 is 1.48 bits per heavy atom. The van der Waals surface area contributed by atoms with Crippen molar-refractivity contribution >= 4 is 6.16 Å². The molecular weight excluding hydrogens is 296 g/mol. The molecule has 0 aliphatic rings. The molecule has 23 heavy (non-hydrogen) atoms. The minimum absolute atomic E-state index is 0.215. The van der Waals surface area contributed by atoms with E-state index in [0.717, 1.165) is 12.8 Å². The number of unbranched alkanes of at least 4 members (excludes halogenated alkanes) is 9. The number of aliphatic hydroxyl groups is 1. The van der Waals surface area contributed by atoms with Crippen molar-refractivity contribution in [3.8, 4) is 0 Å². The molecule has 5 heteroatoms. The summed E-state index contributed by atoms with van der Waals surface area (Å²) in [6.07, 6.45) is 11.5. The monoisotopic (exact) mass is 332 g/mol. The number of ether oxygens (including phenoxy) is 3. The molecule has 138 valence electrons. The minimum atomic E-state index is -0.755. The van der Waals surface area contributed by atoms with E-state index in [1.165, 1.54) is 51.4 Å². The average Bonchev–Trinajstić information content (AvgIpc) is 2.55. The summed E-state index contributed by atoms with van der Waals surface area (Å²) in [5.74, 6) is 0. The zero-order valence-corrected chi connectivity index (χ0v) is 15.1. The normalized spacial score (nSPS) is 12.1. The van der Waals surface area contributed by atoms with E-state index >= 15 is 0 Å². The fourth-order valence-corrected chi connectivity index (χ4v) is 2.32. The summed E-state index contributed by atoms with van der Waals surface area (Å²) in [6.45, 7) is 4.81. The van der Waals surface area contributed by atoms with Crippen LogP contribution in [0.5, 0.6) is 0 Å². The van der Waals surface area contributed by atoms with Gasteiger partial charge >= 0.3 is 6.16 Å². The molecule has 0 saturated carbocycles. The minimum Gasteiger partial charge on any atom is -0.435 e. The summed E-state index contributed by atoms with van der Waals surface area (Å²) in [4.78, 5) is 11.1. The van der Waals surface area contributed by atoms with E-state index in [-0.39, 0.29) is 19.8 Å². The number of rotatable bonds is 16. The first kappa shape index (κ1) is 22.2. The van der Waals surface area contributed by atoms with E-state index in [0.29, 0.717) is 6.61 Å². The number of hydrogen-bond donors (Lipinski definition) is 1. The molecule has 0 aliphatic heterocycles. The molecule has 0 rings (SSSR count). The Kier molecular flexibility index (Phi) is 16.9. The molecule has 0 aliphatic carbocycles. The van der Waals surface area contributed by atoms with Gasteiger partial charge in [0.15, 0.2) is 6.10 Å². The molecule has 0 spiro atoms. The summed E-state index contributed by atoms with van der Waals surface area (Å²) < 4.78 is 15.0. The van der Waals surface area contributed by atoms with Gasteiger partial charge in [0.2, 0.25) is 0 Å². The fraction of sp³-hybridized carbons (Fsp3) is 0.944. The van der Waals surface area contributed by atoms with Gasteiger partial charge in [-0.15, -0.1) is 0 Å². The SMILES string of the molecule is CCCCCCCCCCCCOCC(CO)OC(=O)OCC. The summed E-state index contributed by atoms with van der Waals surface area (Å²) in [7, 11) is 0. The van der Waals surface area contributed by atoms with Crippen LogP contribution in [0, 0.1) is 0 Å². The highest BCUT2D eigenvalue weighted by Gasteiger charge is 2.14. The average molecular weight is 332 g/mol. The maximum atomic E-state index is 11.1. The lowest BCUT2D eigenvalue weighted by atomic mass is 10.1. The van der Waals surface area contributed by atoms with Gasteiger partial charge in [-0.05, 0) is 13.3 Å². The molecule has 0 radical (unpaired) electrons. The highest BCUT2D eigenvalue weighted by molar-refractivity contribution is 5.60. The third-order valence-electron chi connectivity index (χ3n) is 3.67. The maximum Gasteiger partial charge on any atom is 0.508 e. The molecule has 0 aromatic rings. The second kappa shape index (κ2) is 17.5. The highest BCUT2D eigenvalue weighted by Crippen LogP contribution is 2.10. The lowest BCUT2D eigenvalue weighted by Gasteiger charge is -2.15.